The third kappa shape index (κ3) is 4.34. The van der Waals surface area contributed by atoms with Crippen molar-refractivity contribution in [3.63, 3.8) is 0 Å². The predicted octanol–water partition coefficient (Wildman–Crippen LogP) is 1.57. The second-order valence-electron chi connectivity index (χ2n) is 6.86. The molecule has 0 radical (unpaired) electrons. The van der Waals surface area contributed by atoms with Crippen LogP contribution >= 0.6 is 0 Å². The first kappa shape index (κ1) is 17.8. The van der Waals surface area contributed by atoms with E-state index in [1.165, 1.54) is 0 Å². The molecule has 0 aromatic carbocycles. The number of carbonyl (C=O) groups excluding carboxylic acids is 2. The molecule has 25 heavy (non-hydrogen) atoms. The normalized spacial score (nSPS) is 23.5. The van der Waals surface area contributed by atoms with Crippen LogP contribution < -0.4 is 5.32 Å². The molecule has 2 aliphatic rings. The zero-order chi connectivity index (χ0) is 17.6. The Morgan fingerprint density at radius 3 is 3.00 bits per heavy atom. The van der Waals surface area contributed by atoms with Crippen LogP contribution in [0.1, 0.15) is 37.9 Å². The van der Waals surface area contributed by atoms with E-state index in [4.69, 9.17) is 9.52 Å². The number of hydrogen-bond acceptors (Lipinski definition) is 4. The van der Waals surface area contributed by atoms with Crippen LogP contribution in [0, 0.1) is 5.92 Å². The van der Waals surface area contributed by atoms with Gasteiger partial charge in [-0.2, -0.15) is 0 Å². The number of nitrogens with one attached hydrogen (secondary N) is 1. The van der Waals surface area contributed by atoms with E-state index < -0.39 is 0 Å². The molecular formula is C18H27N3O4. The lowest BCUT2D eigenvalue weighted by Crippen LogP contribution is -2.58. The molecule has 0 saturated carbocycles. The summed E-state index contributed by atoms with van der Waals surface area (Å²) in [5, 5.41) is 11.8. The van der Waals surface area contributed by atoms with Gasteiger partial charge in [-0.1, -0.05) is 0 Å². The summed E-state index contributed by atoms with van der Waals surface area (Å²) >= 11 is 0. The van der Waals surface area contributed by atoms with Crippen molar-refractivity contribution in [3.8, 4) is 0 Å². The Labute approximate surface area is 148 Å². The van der Waals surface area contributed by atoms with Gasteiger partial charge in [0.2, 0.25) is 5.91 Å². The molecule has 3 rings (SSSR count). The molecule has 7 nitrogen and oxygen atoms in total. The van der Waals surface area contributed by atoms with E-state index in [0.717, 1.165) is 31.4 Å². The van der Waals surface area contributed by atoms with Gasteiger partial charge in [-0.15, -0.1) is 0 Å². The molecule has 0 spiro atoms. The molecule has 2 aliphatic heterocycles. The molecular weight excluding hydrogens is 322 g/mol. The Kier molecular flexibility index (Phi) is 5.96. The maximum Gasteiger partial charge on any atom is 0.317 e. The van der Waals surface area contributed by atoms with Gasteiger partial charge >= 0.3 is 6.03 Å². The van der Waals surface area contributed by atoms with Crippen molar-refractivity contribution in [1.82, 2.24) is 15.1 Å². The number of nitrogens with zero attached hydrogens (tertiary/aromatic N) is 2. The molecule has 2 saturated heterocycles. The Balaban J connectivity index is 1.52. The minimum absolute atomic E-state index is 0.0708. The Morgan fingerprint density at radius 2 is 2.24 bits per heavy atom. The Hall–Kier alpha value is -2.02. The molecule has 2 atom stereocenters. The van der Waals surface area contributed by atoms with Gasteiger partial charge in [0.25, 0.3) is 0 Å². The maximum absolute atomic E-state index is 12.4. The first-order chi connectivity index (χ1) is 12.2. The fraction of sp³-hybridized carbons (Fsp3) is 0.667. The summed E-state index contributed by atoms with van der Waals surface area (Å²) in [5.41, 5.74) is 0. The second kappa shape index (κ2) is 8.38. The fourth-order valence-corrected chi connectivity index (χ4v) is 3.91. The van der Waals surface area contributed by atoms with Crippen LogP contribution in [0.2, 0.25) is 0 Å². The summed E-state index contributed by atoms with van der Waals surface area (Å²) in [5.74, 6) is 1.30. The summed E-state index contributed by atoms with van der Waals surface area (Å²) < 4.78 is 5.23. The number of carbonyl (C=O) groups is 2. The monoisotopic (exact) mass is 349 g/mol. The van der Waals surface area contributed by atoms with Gasteiger partial charge in [-0.3, -0.25) is 4.79 Å². The average Bonchev–Trinajstić information content (AvgIpc) is 3.15. The summed E-state index contributed by atoms with van der Waals surface area (Å²) in [6.07, 6.45) is 5.38. The van der Waals surface area contributed by atoms with Crippen LogP contribution in [0.25, 0.3) is 0 Å². The highest BCUT2D eigenvalue weighted by atomic mass is 16.3. The SMILES string of the molecule is O=C(NCc1ccco1)N1CC[C@@H]2[C@@H](CCC(=O)N2CCCCO)C1. The lowest BCUT2D eigenvalue weighted by Gasteiger charge is -2.47. The molecule has 3 heterocycles. The summed E-state index contributed by atoms with van der Waals surface area (Å²) in [4.78, 5) is 28.5. The highest BCUT2D eigenvalue weighted by Gasteiger charge is 2.39. The maximum atomic E-state index is 12.4. The number of fused-ring (bicyclic) bond motifs is 1. The van der Waals surface area contributed by atoms with Crippen molar-refractivity contribution in [2.45, 2.75) is 44.7 Å². The van der Waals surface area contributed by atoms with Crippen molar-refractivity contribution in [2.75, 3.05) is 26.2 Å². The van der Waals surface area contributed by atoms with E-state index in [1.54, 1.807) is 12.3 Å². The molecule has 0 bridgehead atoms. The van der Waals surface area contributed by atoms with Gasteiger partial charge in [-0.05, 0) is 43.7 Å². The number of furan rings is 1. The number of rotatable bonds is 6. The quantitative estimate of drug-likeness (QED) is 0.764. The van der Waals surface area contributed by atoms with E-state index in [0.29, 0.717) is 38.5 Å². The number of aliphatic hydroxyl groups excluding tert-OH is 1. The number of amides is 3. The first-order valence-electron chi connectivity index (χ1n) is 9.14. The van der Waals surface area contributed by atoms with Crippen LogP contribution in [-0.2, 0) is 11.3 Å². The van der Waals surface area contributed by atoms with Gasteiger partial charge in [0.1, 0.15) is 5.76 Å². The molecule has 2 fully saturated rings. The van der Waals surface area contributed by atoms with Gasteiger partial charge in [-0.25, -0.2) is 4.79 Å². The minimum atomic E-state index is -0.0708. The third-order valence-corrected chi connectivity index (χ3v) is 5.23. The number of unbranched alkanes of at least 4 members (excludes halogenated alkanes) is 1. The summed E-state index contributed by atoms with van der Waals surface area (Å²) in [6, 6.07) is 3.80. The standard InChI is InChI=1S/C18H27N3O4/c22-10-2-1-8-21-16-7-9-20(13-14(16)5-6-17(21)23)18(24)19-12-15-4-3-11-25-15/h3-4,11,14,16,22H,1-2,5-10,12-13H2,(H,19,24)/t14-,16+/m0/s1. The van der Waals surface area contributed by atoms with E-state index in [2.05, 4.69) is 5.32 Å². The van der Waals surface area contributed by atoms with Crippen LogP contribution in [0.3, 0.4) is 0 Å². The van der Waals surface area contributed by atoms with Crippen molar-refractivity contribution in [3.05, 3.63) is 24.2 Å². The third-order valence-electron chi connectivity index (χ3n) is 5.23. The molecule has 2 N–H and O–H groups in total. The second-order valence-corrected chi connectivity index (χ2v) is 6.86. The van der Waals surface area contributed by atoms with Crippen LogP contribution in [-0.4, -0.2) is 59.1 Å². The molecule has 0 aliphatic carbocycles. The van der Waals surface area contributed by atoms with E-state index >= 15 is 0 Å². The van der Waals surface area contributed by atoms with Crippen molar-refractivity contribution in [1.29, 1.82) is 0 Å². The topological polar surface area (TPSA) is 86.0 Å². The van der Waals surface area contributed by atoms with E-state index in [-0.39, 0.29) is 24.6 Å². The fourth-order valence-electron chi connectivity index (χ4n) is 3.91. The molecule has 3 amide bonds. The number of likely N-dealkylation sites (tertiary alicyclic amines) is 2. The Bertz CT molecular complexity index is 575. The smallest absolute Gasteiger partial charge is 0.317 e. The molecule has 1 aromatic rings. The Morgan fingerprint density at radius 1 is 1.36 bits per heavy atom. The summed E-state index contributed by atoms with van der Waals surface area (Å²) in [7, 11) is 0. The highest BCUT2D eigenvalue weighted by Crippen LogP contribution is 2.31. The van der Waals surface area contributed by atoms with E-state index in [1.807, 2.05) is 15.9 Å². The lowest BCUT2D eigenvalue weighted by atomic mass is 9.83. The van der Waals surface area contributed by atoms with Gasteiger partial charge in [0, 0.05) is 38.7 Å². The van der Waals surface area contributed by atoms with Gasteiger partial charge < -0.3 is 24.6 Å². The van der Waals surface area contributed by atoms with Gasteiger partial charge in [0.05, 0.1) is 12.8 Å². The van der Waals surface area contributed by atoms with Gasteiger partial charge in [0.15, 0.2) is 0 Å². The number of piperidine rings is 2. The lowest BCUT2D eigenvalue weighted by molar-refractivity contribution is -0.140. The largest absolute Gasteiger partial charge is 0.467 e. The molecule has 7 heteroatoms. The number of aliphatic hydroxyl groups is 1. The number of hydrogen-bond donors (Lipinski definition) is 2. The first-order valence-corrected chi connectivity index (χ1v) is 9.14. The molecule has 138 valence electrons. The zero-order valence-corrected chi connectivity index (χ0v) is 14.5. The van der Waals surface area contributed by atoms with Crippen LogP contribution in [0.4, 0.5) is 4.79 Å². The summed E-state index contributed by atoms with van der Waals surface area (Å²) in [6.45, 7) is 2.63. The minimum Gasteiger partial charge on any atom is -0.467 e. The van der Waals surface area contributed by atoms with Crippen LogP contribution in [0.15, 0.2) is 22.8 Å². The zero-order valence-electron chi connectivity index (χ0n) is 14.5. The number of urea groups is 1. The van der Waals surface area contributed by atoms with Crippen LogP contribution in [0.5, 0.6) is 0 Å². The van der Waals surface area contributed by atoms with Crippen molar-refractivity contribution in [2.24, 2.45) is 5.92 Å². The van der Waals surface area contributed by atoms with E-state index in [9.17, 15) is 9.59 Å². The predicted molar refractivity (Wildman–Crippen MR) is 91.7 cm³/mol. The van der Waals surface area contributed by atoms with Crippen molar-refractivity contribution < 1.29 is 19.1 Å². The molecule has 1 aromatic heterocycles. The van der Waals surface area contributed by atoms with Crippen molar-refractivity contribution >= 4 is 11.9 Å². The molecule has 0 unspecified atom stereocenters. The highest BCUT2D eigenvalue weighted by molar-refractivity contribution is 5.78. The average molecular weight is 349 g/mol.